The molecule has 2 N–H and O–H groups in total. The molecule has 0 spiro atoms. The molecule has 1 fully saturated rings. The van der Waals surface area contributed by atoms with E-state index in [1.165, 1.54) is 6.20 Å². The number of carbonyl (C=O) groups excluding carboxylic acids is 1. The number of hydrogen-bond acceptors (Lipinski definition) is 6. The molecule has 198 valence electrons. The van der Waals surface area contributed by atoms with E-state index in [1.54, 1.807) is 37.1 Å². The molecule has 0 radical (unpaired) electrons. The monoisotopic (exact) mass is 565 g/mol. The molecule has 1 aromatic heterocycles. The van der Waals surface area contributed by atoms with Crippen LogP contribution in [-0.4, -0.2) is 53.5 Å². The van der Waals surface area contributed by atoms with Gasteiger partial charge in [0, 0.05) is 34.3 Å². The third-order valence-corrected chi connectivity index (χ3v) is 8.95. The second-order valence-corrected chi connectivity index (χ2v) is 11.2. The van der Waals surface area contributed by atoms with E-state index in [-0.39, 0.29) is 17.9 Å². The van der Waals surface area contributed by atoms with Crippen LogP contribution < -0.4 is 10.2 Å². The number of amides is 1. The van der Waals surface area contributed by atoms with Gasteiger partial charge in [-0.25, -0.2) is 9.87 Å². The lowest BCUT2D eigenvalue weighted by molar-refractivity contribution is -0.143. The number of carbonyl (C=O) groups is 1. The highest BCUT2D eigenvalue weighted by Crippen LogP contribution is 2.42. The molecular formula is C27H30Cl2FN3O3S. The highest BCUT2D eigenvalue weighted by atomic mass is 35.5. The van der Waals surface area contributed by atoms with Crippen LogP contribution in [0.5, 0.6) is 5.75 Å². The first-order chi connectivity index (χ1) is 17.9. The van der Waals surface area contributed by atoms with Gasteiger partial charge in [0.15, 0.2) is 0 Å². The number of ether oxygens (including phenoxy) is 1. The van der Waals surface area contributed by atoms with E-state index in [9.17, 15) is 10.0 Å². The van der Waals surface area contributed by atoms with E-state index in [4.69, 9.17) is 27.9 Å². The smallest absolute Gasteiger partial charge is 0.249 e. The fraction of sp³-hybridized carbons (Fsp3) is 0.407. The van der Waals surface area contributed by atoms with Crippen LogP contribution in [0.3, 0.4) is 0 Å². The third kappa shape index (κ3) is 6.49. The van der Waals surface area contributed by atoms with E-state index >= 15 is 4.39 Å². The molecule has 0 saturated carbocycles. The molecule has 4 rings (SSSR count). The Bertz CT molecular complexity index is 1240. The summed E-state index contributed by atoms with van der Waals surface area (Å²) in [6, 6.07) is 13.0. The van der Waals surface area contributed by atoms with Gasteiger partial charge in [0.2, 0.25) is 5.91 Å². The summed E-state index contributed by atoms with van der Waals surface area (Å²) in [6.45, 7) is 2.21. The van der Waals surface area contributed by atoms with Gasteiger partial charge >= 0.3 is 0 Å². The average Bonchev–Trinajstić information content (AvgIpc) is 2.92. The number of nitrogens with one attached hydrogen (secondary N) is 1. The number of alkyl halides is 1. The zero-order valence-electron chi connectivity index (χ0n) is 20.6. The highest BCUT2D eigenvalue weighted by Gasteiger charge is 2.41. The number of benzene rings is 2. The molecule has 1 aliphatic rings. The number of hydroxylamine groups is 1. The van der Waals surface area contributed by atoms with Crippen LogP contribution in [0.4, 0.5) is 4.39 Å². The zero-order valence-corrected chi connectivity index (χ0v) is 22.9. The Morgan fingerprint density at radius 3 is 2.70 bits per heavy atom. The van der Waals surface area contributed by atoms with Crippen LogP contribution in [0, 0.1) is 5.41 Å². The molecule has 2 aromatic carbocycles. The van der Waals surface area contributed by atoms with Crippen molar-refractivity contribution >= 4 is 51.8 Å². The first-order valence-corrected chi connectivity index (χ1v) is 13.9. The lowest BCUT2D eigenvalue weighted by Gasteiger charge is -2.40. The molecule has 10 heteroatoms. The third-order valence-electron chi connectivity index (χ3n) is 7.16. The number of thioether (sulfide) groups is 1. The molecule has 1 saturated heterocycles. The van der Waals surface area contributed by atoms with Crippen molar-refractivity contribution in [2.24, 2.45) is 5.41 Å². The van der Waals surface area contributed by atoms with E-state index < -0.39 is 17.5 Å². The molecule has 37 heavy (non-hydrogen) atoms. The second kappa shape index (κ2) is 12.6. The van der Waals surface area contributed by atoms with Gasteiger partial charge in [-0.1, -0.05) is 35.3 Å². The van der Waals surface area contributed by atoms with Gasteiger partial charge in [0.1, 0.15) is 11.9 Å². The minimum absolute atomic E-state index is 0.0891. The van der Waals surface area contributed by atoms with Crippen molar-refractivity contribution < 1.29 is 19.1 Å². The Morgan fingerprint density at radius 1 is 1.24 bits per heavy atom. The molecule has 6 nitrogen and oxygen atoms in total. The molecule has 0 aliphatic carbocycles. The van der Waals surface area contributed by atoms with E-state index in [0.717, 1.165) is 22.2 Å². The molecule has 3 aromatic rings. The molecule has 1 atom stereocenters. The number of pyridine rings is 1. The predicted molar refractivity (Wildman–Crippen MR) is 147 cm³/mol. The maximum absolute atomic E-state index is 15.7. The number of rotatable bonds is 10. The summed E-state index contributed by atoms with van der Waals surface area (Å²) in [6.07, 6.45) is 1.48. The van der Waals surface area contributed by atoms with Crippen molar-refractivity contribution in [1.82, 2.24) is 15.4 Å². The minimum Gasteiger partial charge on any atom is -0.497 e. The van der Waals surface area contributed by atoms with Gasteiger partial charge in [0.25, 0.3) is 0 Å². The van der Waals surface area contributed by atoms with Crippen molar-refractivity contribution in [2.75, 3.05) is 32.5 Å². The Balaban J connectivity index is 1.40. The molecular weight excluding hydrogens is 536 g/mol. The maximum atomic E-state index is 15.7. The predicted octanol–water partition coefficient (Wildman–Crippen LogP) is 6.72. The van der Waals surface area contributed by atoms with Gasteiger partial charge in [0.05, 0.1) is 28.1 Å². The van der Waals surface area contributed by atoms with Crippen LogP contribution in [0.1, 0.15) is 37.4 Å². The number of likely N-dealkylation sites (tertiary alicyclic amines) is 1. The number of fused-ring (bicyclic) bond motifs is 1. The Kier molecular flexibility index (Phi) is 9.53. The van der Waals surface area contributed by atoms with Gasteiger partial charge in [-0.05, 0) is 69.1 Å². The first kappa shape index (κ1) is 27.9. The van der Waals surface area contributed by atoms with Crippen LogP contribution in [-0.2, 0) is 4.79 Å². The van der Waals surface area contributed by atoms with Crippen molar-refractivity contribution in [3.05, 3.63) is 64.3 Å². The van der Waals surface area contributed by atoms with Crippen molar-refractivity contribution in [2.45, 2.75) is 36.8 Å². The minimum atomic E-state index is -1.40. The number of halogens is 3. The molecule has 1 aliphatic heterocycles. The SMILES string of the molecule is COc1ccc2ncc(Cl)c([C@H](F)CCC3(C(=O)NO)CCN(CCSc4ccccc4Cl)CC3)c2c1. The van der Waals surface area contributed by atoms with Crippen molar-refractivity contribution in [1.29, 1.82) is 0 Å². The Labute approximate surface area is 230 Å². The van der Waals surface area contributed by atoms with Crippen LogP contribution in [0.15, 0.2) is 53.6 Å². The zero-order chi connectivity index (χ0) is 26.4. The maximum Gasteiger partial charge on any atom is 0.249 e. The first-order valence-electron chi connectivity index (χ1n) is 12.2. The van der Waals surface area contributed by atoms with Crippen molar-refractivity contribution in [3.63, 3.8) is 0 Å². The van der Waals surface area contributed by atoms with Gasteiger partial charge in [-0.2, -0.15) is 0 Å². The fourth-order valence-corrected chi connectivity index (χ4v) is 6.44. The number of aromatic nitrogens is 1. The highest BCUT2D eigenvalue weighted by molar-refractivity contribution is 7.99. The lowest BCUT2D eigenvalue weighted by Crippen LogP contribution is -2.48. The van der Waals surface area contributed by atoms with Gasteiger partial charge < -0.3 is 9.64 Å². The Morgan fingerprint density at radius 2 is 2.00 bits per heavy atom. The summed E-state index contributed by atoms with van der Waals surface area (Å²) in [5.41, 5.74) is 1.95. The standard InChI is InChI=1S/C27H30Cl2FN3O3S/c1-36-18-6-7-23-19(16-18)25(21(29)17-31-23)22(30)8-9-27(26(34)32-35)10-12-33(13-11-27)14-15-37-24-5-3-2-4-20(24)28/h2-7,16-17,22,35H,8-15H2,1H3,(H,32,34)/t22-/m1/s1. The normalized spacial score (nSPS) is 16.5. The lowest BCUT2D eigenvalue weighted by atomic mass is 9.73. The molecule has 1 amide bonds. The average molecular weight is 567 g/mol. The van der Waals surface area contributed by atoms with Gasteiger partial charge in [-0.15, -0.1) is 11.8 Å². The van der Waals surface area contributed by atoms with E-state index in [2.05, 4.69) is 9.88 Å². The summed E-state index contributed by atoms with van der Waals surface area (Å²) < 4.78 is 21.0. The number of methoxy groups -OCH3 is 1. The Hall–Kier alpha value is -2.10. The summed E-state index contributed by atoms with van der Waals surface area (Å²) in [5, 5.41) is 11.0. The second-order valence-electron chi connectivity index (χ2n) is 9.25. The quantitative estimate of drug-likeness (QED) is 0.161. The molecule has 0 bridgehead atoms. The fourth-order valence-electron chi connectivity index (χ4n) is 4.92. The van der Waals surface area contributed by atoms with Crippen molar-refractivity contribution in [3.8, 4) is 5.75 Å². The van der Waals surface area contributed by atoms with Gasteiger partial charge in [-0.3, -0.25) is 15.0 Å². The summed E-state index contributed by atoms with van der Waals surface area (Å²) in [7, 11) is 1.55. The van der Waals surface area contributed by atoms with Crippen LogP contribution in [0.2, 0.25) is 10.0 Å². The van der Waals surface area contributed by atoms with E-state index in [1.807, 2.05) is 29.7 Å². The van der Waals surface area contributed by atoms with Crippen LogP contribution in [0.25, 0.3) is 10.9 Å². The topological polar surface area (TPSA) is 74.7 Å². The summed E-state index contributed by atoms with van der Waals surface area (Å²) in [5.74, 6) is 0.991. The summed E-state index contributed by atoms with van der Waals surface area (Å²) in [4.78, 5) is 20.4. The van der Waals surface area contributed by atoms with E-state index in [0.29, 0.717) is 48.1 Å². The number of piperidine rings is 1. The largest absolute Gasteiger partial charge is 0.497 e. The number of hydrogen-bond donors (Lipinski definition) is 2. The van der Waals surface area contributed by atoms with Crippen LogP contribution >= 0.6 is 35.0 Å². The molecule has 0 unspecified atom stereocenters. The summed E-state index contributed by atoms with van der Waals surface area (Å²) >= 11 is 14.3. The molecule has 2 heterocycles. The number of nitrogens with zero attached hydrogens (tertiary/aromatic N) is 2.